The zero-order valence-corrected chi connectivity index (χ0v) is 17.8. The van der Waals surface area contributed by atoms with Gasteiger partial charge in [-0.25, -0.2) is 0 Å². The summed E-state index contributed by atoms with van der Waals surface area (Å²) < 4.78 is 0. The van der Waals surface area contributed by atoms with Crippen molar-refractivity contribution in [2.45, 2.75) is 73.6 Å². The molecule has 1 aromatic rings. The monoisotopic (exact) mass is 361 g/mol. The Morgan fingerprint density at radius 2 is 1.60 bits per heavy atom. The Morgan fingerprint density at radius 1 is 1.00 bits per heavy atom. The number of carbonyl (C=O) groups excluding carboxylic acids is 1. The minimum Gasteiger partial charge on any atom is -0.338 e. The topological polar surface area (TPSA) is 20.3 Å². The first-order valence-corrected chi connectivity index (χ1v) is 10.8. The molecule has 2 nitrogen and oxygen atoms in total. The molecule has 0 radical (unpaired) electrons. The van der Waals surface area contributed by atoms with E-state index < -0.39 is 0 Å². The summed E-state index contributed by atoms with van der Waals surface area (Å²) in [5.74, 6) is 1.75. The van der Waals surface area contributed by atoms with Gasteiger partial charge in [0.2, 0.25) is 0 Å². The SMILES string of the molecule is CC(C)(C)C1CCN(C(=O)c2cc3c(s2)CC[C@H](C(C)(C)C)C3)CC1. The van der Waals surface area contributed by atoms with Crippen LogP contribution in [-0.2, 0) is 12.8 Å². The van der Waals surface area contributed by atoms with E-state index in [9.17, 15) is 4.79 Å². The second-order valence-corrected chi connectivity index (χ2v) is 11.4. The maximum atomic E-state index is 13.0. The number of likely N-dealkylation sites (tertiary alicyclic amines) is 1. The van der Waals surface area contributed by atoms with Gasteiger partial charge in [-0.05, 0) is 66.4 Å². The molecule has 0 bridgehead atoms. The molecular weight excluding hydrogens is 326 g/mol. The molecule has 3 heteroatoms. The molecule has 0 saturated carbocycles. The van der Waals surface area contributed by atoms with Gasteiger partial charge in [0.05, 0.1) is 4.88 Å². The zero-order chi connectivity index (χ0) is 18.4. The summed E-state index contributed by atoms with van der Waals surface area (Å²) in [7, 11) is 0. The summed E-state index contributed by atoms with van der Waals surface area (Å²) in [6.45, 7) is 15.9. The van der Waals surface area contributed by atoms with E-state index in [1.54, 1.807) is 11.3 Å². The molecule has 1 saturated heterocycles. The highest BCUT2D eigenvalue weighted by atomic mass is 32.1. The third kappa shape index (κ3) is 4.13. The highest BCUT2D eigenvalue weighted by molar-refractivity contribution is 7.14. The van der Waals surface area contributed by atoms with Gasteiger partial charge in [-0.15, -0.1) is 11.3 Å². The molecule has 1 aliphatic heterocycles. The van der Waals surface area contributed by atoms with Crippen LogP contribution in [0.25, 0.3) is 0 Å². The normalized spacial score (nSPS) is 22.8. The molecule has 25 heavy (non-hydrogen) atoms. The van der Waals surface area contributed by atoms with Crippen LogP contribution in [0, 0.1) is 22.7 Å². The number of carbonyl (C=O) groups is 1. The Morgan fingerprint density at radius 3 is 2.16 bits per heavy atom. The summed E-state index contributed by atoms with van der Waals surface area (Å²) in [5.41, 5.74) is 2.17. The lowest BCUT2D eigenvalue weighted by Crippen LogP contribution is -2.41. The van der Waals surface area contributed by atoms with Crippen molar-refractivity contribution in [3.63, 3.8) is 0 Å². The largest absolute Gasteiger partial charge is 0.338 e. The van der Waals surface area contributed by atoms with Crippen LogP contribution in [0.4, 0.5) is 0 Å². The molecule has 0 N–H and O–H groups in total. The lowest BCUT2D eigenvalue weighted by atomic mass is 9.72. The standard InChI is InChI=1S/C22H35NOS/c1-21(2,3)16-9-11-23(12-10-16)20(24)19-14-15-13-17(22(4,5)6)7-8-18(15)25-19/h14,16-17H,7-13H2,1-6H3/t17-/m0/s1. The number of piperidine rings is 1. The van der Waals surface area contributed by atoms with Gasteiger partial charge in [-0.3, -0.25) is 4.79 Å². The van der Waals surface area contributed by atoms with Crippen LogP contribution < -0.4 is 0 Å². The number of amides is 1. The number of hydrogen-bond donors (Lipinski definition) is 0. The van der Waals surface area contributed by atoms with Crippen LogP contribution in [0.2, 0.25) is 0 Å². The fraction of sp³-hybridized carbons (Fsp3) is 0.773. The van der Waals surface area contributed by atoms with Crippen molar-refractivity contribution in [2.75, 3.05) is 13.1 Å². The Kier molecular flexibility index (Phi) is 5.09. The highest BCUT2D eigenvalue weighted by Crippen LogP contribution is 2.41. The first kappa shape index (κ1) is 18.9. The van der Waals surface area contributed by atoms with Gasteiger partial charge < -0.3 is 4.90 Å². The molecule has 1 atom stereocenters. The molecule has 0 spiro atoms. The number of nitrogens with zero attached hydrogens (tertiary/aromatic N) is 1. The van der Waals surface area contributed by atoms with Crippen LogP contribution in [0.5, 0.6) is 0 Å². The summed E-state index contributed by atoms with van der Waals surface area (Å²) in [6.07, 6.45) is 5.86. The second kappa shape index (κ2) is 6.72. The lowest BCUT2D eigenvalue weighted by Gasteiger charge is -2.38. The average molecular weight is 362 g/mol. The molecule has 1 amide bonds. The smallest absolute Gasteiger partial charge is 0.263 e. The van der Waals surface area contributed by atoms with Gasteiger partial charge in [-0.1, -0.05) is 41.5 Å². The van der Waals surface area contributed by atoms with Crippen molar-refractivity contribution < 1.29 is 4.79 Å². The summed E-state index contributed by atoms with van der Waals surface area (Å²) >= 11 is 1.76. The van der Waals surface area contributed by atoms with Crippen molar-refractivity contribution in [1.29, 1.82) is 0 Å². The number of fused-ring (bicyclic) bond motifs is 1. The maximum Gasteiger partial charge on any atom is 0.263 e. The molecule has 0 aromatic carbocycles. The van der Waals surface area contributed by atoms with E-state index in [1.807, 2.05) is 0 Å². The molecule has 2 heterocycles. The Hall–Kier alpha value is -0.830. The average Bonchev–Trinajstić information content (AvgIpc) is 2.95. The Labute approximate surface area is 158 Å². The maximum absolute atomic E-state index is 13.0. The first-order chi connectivity index (χ1) is 11.6. The molecular formula is C22H35NOS. The van der Waals surface area contributed by atoms with Crippen LogP contribution in [0.1, 0.15) is 80.9 Å². The summed E-state index contributed by atoms with van der Waals surface area (Å²) in [5, 5.41) is 0. The Bertz CT molecular complexity index is 623. The zero-order valence-electron chi connectivity index (χ0n) is 16.9. The highest BCUT2D eigenvalue weighted by Gasteiger charge is 2.33. The minimum atomic E-state index is 0.277. The third-order valence-corrected chi connectivity index (χ3v) is 7.75. The van der Waals surface area contributed by atoms with Crippen LogP contribution in [-0.4, -0.2) is 23.9 Å². The van der Waals surface area contributed by atoms with Crippen LogP contribution >= 0.6 is 11.3 Å². The molecule has 1 aromatic heterocycles. The predicted octanol–water partition coefficient (Wildman–Crippen LogP) is 5.80. The molecule has 1 aliphatic carbocycles. The third-order valence-electron chi connectivity index (χ3n) is 6.53. The van der Waals surface area contributed by atoms with Crippen molar-refractivity contribution in [3.8, 4) is 0 Å². The van der Waals surface area contributed by atoms with Crippen LogP contribution in [0.15, 0.2) is 6.07 Å². The van der Waals surface area contributed by atoms with E-state index in [2.05, 4.69) is 52.5 Å². The first-order valence-electron chi connectivity index (χ1n) is 9.96. The van der Waals surface area contributed by atoms with Gasteiger partial charge in [-0.2, -0.15) is 0 Å². The molecule has 3 rings (SSSR count). The number of thiophene rings is 1. The fourth-order valence-electron chi connectivity index (χ4n) is 4.47. The molecule has 1 fully saturated rings. The molecule has 140 valence electrons. The van der Waals surface area contributed by atoms with Crippen molar-refractivity contribution >= 4 is 17.2 Å². The second-order valence-electron chi connectivity index (χ2n) is 10.3. The van der Waals surface area contributed by atoms with E-state index in [-0.39, 0.29) is 5.91 Å². The number of rotatable bonds is 1. The van der Waals surface area contributed by atoms with E-state index in [1.165, 1.54) is 16.9 Å². The number of hydrogen-bond acceptors (Lipinski definition) is 2. The summed E-state index contributed by atoms with van der Waals surface area (Å²) in [6, 6.07) is 2.22. The minimum absolute atomic E-state index is 0.277. The summed E-state index contributed by atoms with van der Waals surface area (Å²) in [4.78, 5) is 17.5. The fourth-order valence-corrected chi connectivity index (χ4v) is 5.65. The van der Waals surface area contributed by atoms with Crippen molar-refractivity contribution in [3.05, 3.63) is 21.4 Å². The van der Waals surface area contributed by atoms with E-state index in [0.717, 1.165) is 55.5 Å². The number of aryl methyl sites for hydroxylation is 1. The van der Waals surface area contributed by atoms with Gasteiger partial charge in [0.25, 0.3) is 5.91 Å². The van der Waals surface area contributed by atoms with Gasteiger partial charge >= 0.3 is 0 Å². The van der Waals surface area contributed by atoms with Crippen molar-refractivity contribution in [2.24, 2.45) is 22.7 Å². The van der Waals surface area contributed by atoms with E-state index >= 15 is 0 Å². The van der Waals surface area contributed by atoms with Gasteiger partial charge in [0.15, 0.2) is 0 Å². The van der Waals surface area contributed by atoms with E-state index in [0.29, 0.717) is 10.8 Å². The Balaban J connectivity index is 1.66. The quantitative estimate of drug-likeness (QED) is 0.619. The lowest BCUT2D eigenvalue weighted by molar-refractivity contribution is 0.0613. The predicted molar refractivity (Wildman–Crippen MR) is 107 cm³/mol. The van der Waals surface area contributed by atoms with Gasteiger partial charge in [0, 0.05) is 18.0 Å². The van der Waals surface area contributed by atoms with Crippen molar-refractivity contribution in [1.82, 2.24) is 4.90 Å². The van der Waals surface area contributed by atoms with Crippen LogP contribution in [0.3, 0.4) is 0 Å². The van der Waals surface area contributed by atoms with Gasteiger partial charge in [0.1, 0.15) is 0 Å². The molecule has 0 unspecified atom stereocenters. The molecule has 2 aliphatic rings. The van der Waals surface area contributed by atoms with E-state index in [4.69, 9.17) is 0 Å².